The Morgan fingerprint density at radius 2 is 1.76 bits per heavy atom. The summed E-state index contributed by atoms with van der Waals surface area (Å²) >= 11 is 0. The van der Waals surface area contributed by atoms with Crippen LogP contribution >= 0.6 is 0 Å². The highest BCUT2D eigenvalue weighted by Crippen LogP contribution is 2.62. The van der Waals surface area contributed by atoms with Gasteiger partial charge in [0.05, 0.1) is 13.2 Å². The monoisotopic (exact) mass is 294 g/mol. The molecule has 21 heavy (non-hydrogen) atoms. The minimum atomic E-state index is -0.471. The molecule has 3 nitrogen and oxygen atoms in total. The minimum Gasteiger partial charge on any atom is -0.348 e. The van der Waals surface area contributed by atoms with Crippen LogP contribution in [0.3, 0.4) is 0 Å². The molecule has 0 aromatic carbocycles. The highest BCUT2D eigenvalue weighted by Gasteiger charge is 2.57. The van der Waals surface area contributed by atoms with Crippen molar-refractivity contribution >= 4 is 5.78 Å². The van der Waals surface area contributed by atoms with Crippen molar-refractivity contribution in [2.75, 3.05) is 13.2 Å². The molecule has 1 aliphatic heterocycles. The van der Waals surface area contributed by atoms with Gasteiger partial charge in [0.15, 0.2) is 5.79 Å². The summed E-state index contributed by atoms with van der Waals surface area (Å²) < 4.78 is 11.5. The first-order valence-corrected chi connectivity index (χ1v) is 8.61. The Hall–Kier alpha value is -0.410. The van der Waals surface area contributed by atoms with Crippen molar-refractivity contribution in [2.24, 2.45) is 22.7 Å². The van der Waals surface area contributed by atoms with Crippen LogP contribution in [0.25, 0.3) is 0 Å². The zero-order valence-electron chi connectivity index (χ0n) is 14.0. The summed E-state index contributed by atoms with van der Waals surface area (Å²) in [6.07, 6.45) is 6.04. The molecule has 3 aliphatic rings. The Bertz CT molecular complexity index is 426. The summed E-state index contributed by atoms with van der Waals surface area (Å²) in [6, 6.07) is 0. The Morgan fingerprint density at radius 1 is 1.10 bits per heavy atom. The van der Waals surface area contributed by atoms with E-state index in [0.717, 1.165) is 31.6 Å². The van der Waals surface area contributed by atoms with Crippen LogP contribution < -0.4 is 0 Å². The number of ether oxygens (including phenoxy) is 2. The molecule has 1 saturated heterocycles. The van der Waals surface area contributed by atoms with E-state index in [2.05, 4.69) is 20.8 Å². The van der Waals surface area contributed by atoms with Crippen molar-refractivity contribution in [3.8, 4) is 0 Å². The first-order valence-electron chi connectivity index (χ1n) is 8.61. The standard InChI is InChI=1S/C18H30O3/c1-13-5-6-14-16(13,2)8-7-15(19)17(14,3)9-10-18(4)20-11-12-21-18/h13-14H,5-12H2,1-4H3. The molecule has 120 valence electrons. The quantitative estimate of drug-likeness (QED) is 0.790. The molecule has 0 bridgehead atoms. The lowest BCUT2D eigenvalue weighted by Gasteiger charge is -2.50. The molecular weight excluding hydrogens is 264 g/mol. The molecule has 0 N–H and O–H groups in total. The molecule has 3 heteroatoms. The molecule has 3 rings (SSSR count). The maximum absolute atomic E-state index is 12.7. The third kappa shape index (κ3) is 2.37. The molecule has 2 aliphatic carbocycles. The van der Waals surface area contributed by atoms with E-state index < -0.39 is 5.79 Å². The van der Waals surface area contributed by atoms with E-state index in [0.29, 0.717) is 30.3 Å². The SMILES string of the molecule is CC1CCC2C(C)(CCC3(C)OCCO3)C(=O)CCC12C. The van der Waals surface area contributed by atoms with Gasteiger partial charge in [-0.25, -0.2) is 0 Å². The van der Waals surface area contributed by atoms with Gasteiger partial charge in [-0.3, -0.25) is 4.79 Å². The number of carbonyl (C=O) groups excluding carboxylic acids is 1. The van der Waals surface area contributed by atoms with Gasteiger partial charge in [-0.05, 0) is 49.9 Å². The Labute approximate surface area is 128 Å². The zero-order valence-corrected chi connectivity index (χ0v) is 14.0. The first kappa shape index (κ1) is 15.5. The number of rotatable bonds is 3. The predicted molar refractivity (Wildman–Crippen MR) is 81.9 cm³/mol. The average molecular weight is 294 g/mol. The van der Waals surface area contributed by atoms with Gasteiger partial charge in [0.1, 0.15) is 5.78 Å². The van der Waals surface area contributed by atoms with E-state index in [4.69, 9.17) is 9.47 Å². The van der Waals surface area contributed by atoms with Crippen LogP contribution in [0.15, 0.2) is 0 Å². The van der Waals surface area contributed by atoms with Gasteiger partial charge >= 0.3 is 0 Å². The number of hydrogen-bond acceptors (Lipinski definition) is 3. The predicted octanol–water partition coefficient (Wildman–Crippen LogP) is 3.95. The third-order valence-corrected chi connectivity index (χ3v) is 7.10. The molecule has 0 radical (unpaired) electrons. The Balaban J connectivity index is 1.78. The lowest BCUT2D eigenvalue weighted by Crippen LogP contribution is -2.49. The molecular formula is C18H30O3. The summed E-state index contributed by atoms with van der Waals surface area (Å²) in [5.41, 5.74) is 0.164. The molecule has 4 unspecified atom stereocenters. The lowest BCUT2D eigenvalue weighted by molar-refractivity contribution is -0.162. The molecule has 0 aromatic rings. The molecule has 3 fully saturated rings. The molecule has 2 saturated carbocycles. The maximum Gasteiger partial charge on any atom is 0.165 e. The second-order valence-electron chi connectivity index (χ2n) is 8.21. The van der Waals surface area contributed by atoms with Crippen LogP contribution in [0.5, 0.6) is 0 Å². The number of ketones is 1. The third-order valence-electron chi connectivity index (χ3n) is 7.10. The number of Topliss-reactive ketones (excluding diaryl/α,β-unsaturated/α-hetero) is 1. The van der Waals surface area contributed by atoms with Gasteiger partial charge in [-0.15, -0.1) is 0 Å². The van der Waals surface area contributed by atoms with Crippen LogP contribution in [-0.4, -0.2) is 24.8 Å². The van der Waals surface area contributed by atoms with Crippen molar-refractivity contribution in [3.63, 3.8) is 0 Å². The van der Waals surface area contributed by atoms with Crippen LogP contribution in [0.1, 0.15) is 66.2 Å². The van der Waals surface area contributed by atoms with Crippen molar-refractivity contribution in [1.29, 1.82) is 0 Å². The van der Waals surface area contributed by atoms with E-state index in [1.807, 2.05) is 6.92 Å². The fraction of sp³-hybridized carbons (Fsp3) is 0.944. The van der Waals surface area contributed by atoms with Crippen LogP contribution in [-0.2, 0) is 14.3 Å². The van der Waals surface area contributed by atoms with Crippen LogP contribution in [0.2, 0.25) is 0 Å². The van der Waals surface area contributed by atoms with E-state index in [1.54, 1.807) is 0 Å². The minimum absolute atomic E-state index is 0.184. The molecule has 4 atom stereocenters. The van der Waals surface area contributed by atoms with Gasteiger partial charge in [0, 0.05) is 18.3 Å². The fourth-order valence-corrected chi connectivity index (χ4v) is 5.25. The Morgan fingerprint density at radius 3 is 2.43 bits per heavy atom. The highest BCUT2D eigenvalue weighted by atomic mass is 16.7. The van der Waals surface area contributed by atoms with Gasteiger partial charge in [0.2, 0.25) is 0 Å². The topological polar surface area (TPSA) is 35.5 Å². The van der Waals surface area contributed by atoms with E-state index in [9.17, 15) is 4.79 Å². The highest BCUT2D eigenvalue weighted by molar-refractivity contribution is 5.86. The van der Waals surface area contributed by atoms with Crippen molar-refractivity contribution in [3.05, 3.63) is 0 Å². The van der Waals surface area contributed by atoms with E-state index in [-0.39, 0.29) is 5.41 Å². The van der Waals surface area contributed by atoms with Crippen molar-refractivity contribution < 1.29 is 14.3 Å². The summed E-state index contributed by atoms with van der Waals surface area (Å²) in [5, 5.41) is 0. The van der Waals surface area contributed by atoms with Gasteiger partial charge in [-0.2, -0.15) is 0 Å². The second kappa shape index (κ2) is 5.06. The first-order chi connectivity index (χ1) is 9.80. The largest absolute Gasteiger partial charge is 0.348 e. The van der Waals surface area contributed by atoms with Crippen LogP contribution in [0, 0.1) is 22.7 Å². The van der Waals surface area contributed by atoms with E-state index >= 15 is 0 Å². The summed E-state index contributed by atoms with van der Waals surface area (Å²) in [7, 11) is 0. The molecule has 1 heterocycles. The molecule has 0 aromatic heterocycles. The smallest absolute Gasteiger partial charge is 0.165 e. The maximum atomic E-state index is 12.7. The van der Waals surface area contributed by atoms with Gasteiger partial charge in [-0.1, -0.05) is 20.8 Å². The fourth-order valence-electron chi connectivity index (χ4n) is 5.25. The van der Waals surface area contributed by atoms with Crippen molar-refractivity contribution in [1.82, 2.24) is 0 Å². The summed E-state index contributed by atoms with van der Waals surface area (Å²) in [5.74, 6) is 1.28. The second-order valence-corrected chi connectivity index (χ2v) is 8.21. The van der Waals surface area contributed by atoms with Crippen molar-refractivity contribution in [2.45, 2.75) is 72.0 Å². The average Bonchev–Trinajstić information content (AvgIpc) is 3.00. The van der Waals surface area contributed by atoms with E-state index in [1.165, 1.54) is 12.8 Å². The van der Waals surface area contributed by atoms with Gasteiger partial charge in [0.25, 0.3) is 0 Å². The summed E-state index contributed by atoms with van der Waals surface area (Å²) in [6.45, 7) is 10.4. The van der Waals surface area contributed by atoms with Gasteiger partial charge < -0.3 is 9.47 Å². The zero-order chi connectivity index (χ0) is 15.3. The normalized spacial score (nSPS) is 45.8. The molecule has 0 spiro atoms. The number of carbonyl (C=O) groups is 1. The van der Waals surface area contributed by atoms with Crippen LogP contribution in [0.4, 0.5) is 0 Å². The summed E-state index contributed by atoms with van der Waals surface area (Å²) in [4.78, 5) is 12.7. The number of hydrogen-bond donors (Lipinski definition) is 0. The molecule has 0 amide bonds. The lowest BCUT2D eigenvalue weighted by atomic mass is 9.53. The number of fused-ring (bicyclic) bond motifs is 1. The Kier molecular flexibility index (Phi) is 3.73.